The Morgan fingerprint density at radius 1 is 1.14 bits per heavy atom. The van der Waals surface area contributed by atoms with Gasteiger partial charge in [-0.05, 0) is 0 Å². The first-order chi connectivity index (χ1) is 6.27. The minimum absolute atomic E-state index is 0.0833. The van der Waals surface area contributed by atoms with Gasteiger partial charge < -0.3 is 15.3 Å². The van der Waals surface area contributed by atoms with Crippen LogP contribution in [0.4, 0.5) is 0 Å². The van der Waals surface area contributed by atoms with E-state index < -0.39 is 11.9 Å². The van der Waals surface area contributed by atoms with Gasteiger partial charge in [0.25, 0.3) is 0 Å². The van der Waals surface area contributed by atoms with Crippen LogP contribution in [0.5, 0.6) is 0 Å². The number of allylic oxidation sites excluding steroid dienone is 1. The van der Waals surface area contributed by atoms with Crippen molar-refractivity contribution in [1.82, 2.24) is 0 Å². The number of rotatable bonds is 2. The van der Waals surface area contributed by atoms with Gasteiger partial charge in [0.1, 0.15) is 0 Å². The standard InChI is InChI=1S/2C3H6O2.C3H6O/c2*1-2-3(4)5;1-3(2)4/h2*2H2,1H3,(H,4,5);4H,1H2,2H3/p-1. The Hall–Kier alpha value is -1.52. The molecule has 0 rings (SSSR count). The van der Waals surface area contributed by atoms with Crippen LogP contribution in [0, 0.1) is 0 Å². The molecule has 0 radical (unpaired) electrons. The lowest BCUT2D eigenvalue weighted by Crippen LogP contribution is -1.92. The molecule has 0 fully saturated rings. The molecule has 0 aromatic rings. The average Bonchev–Trinajstić information content (AvgIpc) is 2.04. The van der Waals surface area contributed by atoms with Gasteiger partial charge in [-0.25, -0.2) is 0 Å². The second-order valence-electron chi connectivity index (χ2n) is 2.20. The number of carboxylic acid groups (broad SMARTS) is 2. The highest BCUT2D eigenvalue weighted by Gasteiger charge is 1.81. The third-order valence-electron chi connectivity index (χ3n) is 0.605. The van der Waals surface area contributed by atoms with E-state index in [-0.39, 0.29) is 18.6 Å². The predicted molar refractivity (Wildman–Crippen MR) is 50.7 cm³/mol. The first-order valence-corrected chi connectivity index (χ1v) is 4.03. The molecule has 0 aromatic carbocycles. The molecule has 0 bridgehead atoms. The second kappa shape index (κ2) is 14.0. The number of carboxylic acids is 2. The van der Waals surface area contributed by atoms with Crippen LogP contribution in [0.3, 0.4) is 0 Å². The van der Waals surface area contributed by atoms with E-state index in [1.54, 1.807) is 13.8 Å². The highest BCUT2D eigenvalue weighted by atomic mass is 16.4. The summed E-state index contributed by atoms with van der Waals surface area (Å²) < 4.78 is 0. The molecule has 0 unspecified atom stereocenters. The van der Waals surface area contributed by atoms with Gasteiger partial charge in [-0.15, -0.1) is 12.3 Å². The molecule has 0 spiro atoms. The molecular formula is C9H17O5-. The molecule has 0 atom stereocenters. The van der Waals surface area contributed by atoms with Gasteiger partial charge in [-0.2, -0.15) is 0 Å². The van der Waals surface area contributed by atoms with Crippen molar-refractivity contribution in [3.63, 3.8) is 0 Å². The summed E-state index contributed by atoms with van der Waals surface area (Å²) in [5.41, 5.74) is 0. The largest absolute Gasteiger partial charge is 0.876 e. The molecule has 0 aliphatic heterocycles. The average molecular weight is 205 g/mol. The number of aliphatic carboxylic acids is 2. The molecular weight excluding hydrogens is 188 g/mol. The Bertz CT molecular complexity index is 156. The van der Waals surface area contributed by atoms with E-state index >= 15 is 0 Å². The fraction of sp³-hybridized carbons (Fsp3) is 0.556. The van der Waals surface area contributed by atoms with Gasteiger partial charge in [0, 0.05) is 12.8 Å². The van der Waals surface area contributed by atoms with Crippen LogP contribution >= 0.6 is 0 Å². The van der Waals surface area contributed by atoms with Crippen LogP contribution in [-0.2, 0) is 9.59 Å². The van der Waals surface area contributed by atoms with Crippen molar-refractivity contribution in [2.75, 3.05) is 0 Å². The van der Waals surface area contributed by atoms with Crippen molar-refractivity contribution in [2.45, 2.75) is 33.6 Å². The Kier molecular flexibility index (Phi) is 18.3. The number of carbonyl (C=O) groups is 2. The van der Waals surface area contributed by atoms with Gasteiger partial charge in [-0.1, -0.05) is 20.8 Å². The van der Waals surface area contributed by atoms with E-state index in [4.69, 9.17) is 10.2 Å². The monoisotopic (exact) mass is 205 g/mol. The van der Waals surface area contributed by atoms with Crippen LogP contribution in [0.25, 0.3) is 0 Å². The summed E-state index contributed by atoms with van der Waals surface area (Å²) in [6.07, 6.45) is 0.444. The van der Waals surface area contributed by atoms with Gasteiger partial charge in [0.05, 0.1) is 0 Å². The highest BCUT2D eigenvalue weighted by molar-refractivity contribution is 5.66. The molecule has 5 heteroatoms. The maximum atomic E-state index is 9.37. The maximum Gasteiger partial charge on any atom is 0.303 e. The predicted octanol–water partition coefficient (Wildman–Crippen LogP) is 0.842. The molecule has 14 heavy (non-hydrogen) atoms. The van der Waals surface area contributed by atoms with E-state index in [2.05, 4.69) is 6.58 Å². The molecule has 0 aromatic heterocycles. The lowest BCUT2D eigenvalue weighted by molar-refractivity contribution is -0.300. The Morgan fingerprint density at radius 2 is 1.21 bits per heavy atom. The van der Waals surface area contributed by atoms with Crippen molar-refractivity contribution >= 4 is 11.9 Å². The zero-order valence-electron chi connectivity index (χ0n) is 8.74. The molecule has 5 nitrogen and oxygen atoms in total. The van der Waals surface area contributed by atoms with Gasteiger partial charge in [-0.3, -0.25) is 9.59 Å². The molecule has 0 aliphatic rings. The highest BCUT2D eigenvalue weighted by Crippen LogP contribution is 1.67. The van der Waals surface area contributed by atoms with E-state index in [0.717, 1.165) is 0 Å². The van der Waals surface area contributed by atoms with Crippen LogP contribution in [0.2, 0.25) is 0 Å². The molecule has 0 aliphatic carbocycles. The van der Waals surface area contributed by atoms with Crippen molar-refractivity contribution in [3.05, 3.63) is 12.3 Å². The normalized spacial score (nSPS) is 7.07. The molecule has 2 N–H and O–H groups in total. The SMILES string of the molecule is C=C(C)[O-].CCC(=O)O.CCC(=O)O. The van der Waals surface area contributed by atoms with Crippen LogP contribution < -0.4 is 5.11 Å². The van der Waals surface area contributed by atoms with Crippen LogP contribution in [0.1, 0.15) is 33.6 Å². The molecule has 0 amide bonds. The maximum absolute atomic E-state index is 9.37. The third-order valence-corrected chi connectivity index (χ3v) is 0.605. The van der Waals surface area contributed by atoms with Crippen molar-refractivity contribution in [2.24, 2.45) is 0 Å². The Morgan fingerprint density at radius 3 is 1.21 bits per heavy atom. The summed E-state index contributed by atoms with van der Waals surface area (Å²) in [4.78, 5) is 18.7. The van der Waals surface area contributed by atoms with E-state index in [9.17, 15) is 14.7 Å². The first-order valence-electron chi connectivity index (χ1n) is 4.03. The number of hydrogen-bond acceptors (Lipinski definition) is 3. The van der Waals surface area contributed by atoms with E-state index in [1.165, 1.54) is 6.92 Å². The lowest BCUT2D eigenvalue weighted by Gasteiger charge is -1.92. The Balaban J connectivity index is -0.000000131. The topological polar surface area (TPSA) is 97.7 Å². The summed E-state index contributed by atoms with van der Waals surface area (Å²) in [5.74, 6) is -1.57. The Labute approximate surface area is 83.7 Å². The quantitative estimate of drug-likeness (QED) is 0.651. The van der Waals surface area contributed by atoms with Gasteiger partial charge >= 0.3 is 11.9 Å². The van der Waals surface area contributed by atoms with Crippen molar-refractivity contribution < 1.29 is 24.9 Å². The molecule has 84 valence electrons. The second-order valence-corrected chi connectivity index (χ2v) is 2.20. The molecule has 0 saturated heterocycles. The summed E-state index contributed by atoms with van der Waals surface area (Å²) in [6, 6.07) is 0. The summed E-state index contributed by atoms with van der Waals surface area (Å²) >= 11 is 0. The minimum Gasteiger partial charge on any atom is -0.876 e. The summed E-state index contributed by atoms with van der Waals surface area (Å²) in [5, 5.41) is 24.8. The number of hydrogen-bond donors (Lipinski definition) is 2. The smallest absolute Gasteiger partial charge is 0.303 e. The third kappa shape index (κ3) is 153. The van der Waals surface area contributed by atoms with Crippen LogP contribution in [-0.4, -0.2) is 22.2 Å². The van der Waals surface area contributed by atoms with Crippen LogP contribution in [0.15, 0.2) is 12.3 Å². The molecule has 0 heterocycles. The van der Waals surface area contributed by atoms with Crippen molar-refractivity contribution in [3.8, 4) is 0 Å². The summed E-state index contributed by atoms with van der Waals surface area (Å²) in [7, 11) is 0. The molecule has 0 saturated carbocycles. The lowest BCUT2D eigenvalue weighted by atomic mass is 10.5. The fourth-order valence-corrected chi connectivity index (χ4v) is 0. The zero-order chi connectivity index (χ0) is 12.1. The van der Waals surface area contributed by atoms with Crippen molar-refractivity contribution in [1.29, 1.82) is 0 Å². The van der Waals surface area contributed by atoms with E-state index in [0.29, 0.717) is 0 Å². The zero-order valence-corrected chi connectivity index (χ0v) is 8.74. The summed E-state index contributed by atoms with van der Waals surface area (Å²) in [6.45, 7) is 7.62. The fourth-order valence-electron chi connectivity index (χ4n) is 0. The van der Waals surface area contributed by atoms with E-state index in [1.807, 2.05) is 0 Å². The minimum atomic E-state index is -0.745. The van der Waals surface area contributed by atoms with Gasteiger partial charge in [0.2, 0.25) is 0 Å². The van der Waals surface area contributed by atoms with Gasteiger partial charge in [0.15, 0.2) is 0 Å². The first kappa shape index (κ1) is 18.3.